The number of benzene rings is 1. The van der Waals surface area contributed by atoms with Crippen LogP contribution >= 0.6 is 0 Å². The Kier molecular flexibility index (Phi) is 3.78. The largest absolute Gasteiger partial charge is 0.497 e. The number of hydrogen-bond acceptors (Lipinski definition) is 4. The lowest BCUT2D eigenvalue weighted by atomic mass is 9.92. The summed E-state index contributed by atoms with van der Waals surface area (Å²) in [5.74, 6) is 0.471. The number of carbonyl (C=O) groups is 2. The molecule has 2 saturated heterocycles. The van der Waals surface area contributed by atoms with E-state index in [-0.39, 0.29) is 18.0 Å². The molecule has 0 bridgehead atoms. The van der Waals surface area contributed by atoms with Gasteiger partial charge >= 0.3 is 6.03 Å². The molecule has 1 N–H and O–H groups in total. The number of ether oxygens (including phenoxy) is 2. The summed E-state index contributed by atoms with van der Waals surface area (Å²) < 4.78 is 10.6. The molecular weight excluding hydrogens is 284 g/mol. The molecule has 3 rings (SSSR count). The zero-order chi connectivity index (χ0) is 15.7. The van der Waals surface area contributed by atoms with Gasteiger partial charge in [-0.3, -0.25) is 9.69 Å². The lowest BCUT2D eigenvalue weighted by Gasteiger charge is -2.23. The molecular formula is C16H20N2O4. The Hall–Kier alpha value is -2.08. The summed E-state index contributed by atoms with van der Waals surface area (Å²) >= 11 is 0. The van der Waals surface area contributed by atoms with E-state index in [4.69, 9.17) is 9.47 Å². The molecule has 22 heavy (non-hydrogen) atoms. The van der Waals surface area contributed by atoms with E-state index in [0.717, 1.165) is 18.4 Å². The second-order valence-corrected chi connectivity index (χ2v) is 5.83. The van der Waals surface area contributed by atoms with Crippen molar-refractivity contribution < 1.29 is 19.1 Å². The van der Waals surface area contributed by atoms with Gasteiger partial charge in [0.25, 0.3) is 5.91 Å². The molecule has 3 amide bonds. The lowest BCUT2D eigenvalue weighted by molar-refractivity contribution is -0.132. The van der Waals surface area contributed by atoms with Gasteiger partial charge in [0.05, 0.1) is 19.8 Å². The van der Waals surface area contributed by atoms with Crippen LogP contribution in [-0.4, -0.2) is 43.2 Å². The first-order valence-electron chi connectivity index (χ1n) is 7.45. The van der Waals surface area contributed by atoms with Gasteiger partial charge in [0.15, 0.2) is 0 Å². The standard InChI is InChI=1S/C16H20N2O4/c1-16(11-5-7-12(21-2)8-6-11)14(19)18(15(20)17-16)10-13-4-3-9-22-13/h5-8,13H,3-4,9-10H2,1-2H3,(H,17,20)/t13-,16-/m0/s1. The van der Waals surface area contributed by atoms with E-state index in [0.29, 0.717) is 18.9 Å². The third-order valence-corrected chi connectivity index (χ3v) is 4.35. The minimum absolute atomic E-state index is 0.0482. The van der Waals surface area contributed by atoms with Crippen LogP contribution in [0.3, 0.4) is 0 Å². The lowest BCUT2D eigenvalue weighted by Crippen LogP contribution is -2.41. The van der Waals surface area contributed by atoms with Crippen LogP contribution in [0.25, 0.3) is 0 Å². The normalized spacial score (nSPS) is 28.1. The molecule has 1 aromatic rings. The number of imide groups is 1. The van der Waals surface area contributed by atoms with Crippen LogP contribution in [0, 0.1) is 0 Å². The van der Waals surface area contributed by atoms with E-state index in [9.17, 15) is 9.59 Å². The van der Waals surface area contributed by atoms with Crippen molar-refractivity contribution in [1.82, 2.24) is 10.2 Å². The molecule has 0 aromatic heterocycles. The fourth-order valence-electron chi connectivity index (χ4n) is 2.97. The SMILES string of the molecule is COc1ccc([C@]2(C)NC(=O)N(C[C@@H]3CCCO3)C2=O)cc1. The molecule has 2 fully saturated rings. The van der Waals surface area contributed by atoms with Crippen molar-refractivity contribution in [3.05, 3.63) is 29.8 Å². The predicted octanol–water partition coefficient (Wildman–Crippen LogP) is 1.64. The molecule has 0 spiro atoms. The number of hydrogen-bond donors (Lipinski definition) is 1. The van der Waals surface area contributed by atoms with Gasteiger partial charge in [-0.25, -0.2) is 4.79 Å². The highest BCUT2D eigenvalue weighted by molar-refractivity contribution is 6.07. The van der Waals surface area contributed by atoms with Gasteiger partial charge in [-0.15, -0.1) is 0 Å². The third kappa shape index (κ3) is 2.43. The minimum atomic E-state index is -1.04. The second kappa shape index (κ2) is 5.61. The Labute approximate surface area is 129 Å². The monoisotopic (exact) mass is 304 g/mol. The van der Waals surface area contributed by atoms with E-state index < -0.39 is 5.54 Å². The first-order chi connectivity index (χ1) is 10.5. The maximum atomic E-state index is 12.7. The molecule has 6 heteroatoms. The summed E-state index contributed by atoms with van der Waals surface area (Å²) in [7, 11) is 1.59. The number of rotatable bonds is 4. The highest BCUT2D eigenvalue weighted by Crippen LogP contribution is 2.30. The molecule has 2 aliphatic heterocycles. The highest BCUT2D eigenvalue weighted by Gasteiger charge is 2.49. The zero-order valence-electron chi connectivity index (χ0n) is 12.8. The molecule has 0 saturated carbocycles. The van der Waals surface area contributed by atoms with Crippen molar-refractivity contribution in [2.45, 2.75) is 31.4 Å². The van der Waals surface area contributed by atoms with Crippen LogP contribution in [0.4, 0.5) is 4.79 Å². The predicted molar refractivity (Wildman–Crippen MR) is 79.6 cm³/mol. The average molecular weight is 304 g/mol. The molecule has 0 unspecified atom stereocenters. The molecule has 1 aromatic carbocycles. The number of carbonyl (C=O) groups excluding carboxylic acids is 2. The smallest absolute Gasteiger partial charge is 0.325 e. The van der Waals surface area contributed by atoms with Crippen molar-refractivity contribution in [2.75, 3.05) is 20.3 Å². The topological polar surface area (TPSA) is 67.9 Å². The van der Waals surface area contributed by atoms with E-state index in [1.807, 2.05) is 0 Å². The van der Waals surface area contributed by atoms with Crippen molar-refractivity contribution in [3.63, 3.8) is 0 Å². The average Bonchev–Trinajstić information content (AvgIpc) is 3.11. The number of nitrogens with zero attached hydrogens (tertiary/aromatic N) is 1. The third-order valence-electron chi connectivity index (χ3n) is 4.35. The molecule has 118 valence electrons. The van der Waals surface area contributed by atoms with Gasteiger partial charge in [0.2, 0.25) is 0 Å². The van der Waals surface area contributed by atoms with E-state index in [1.165, 1.54) is 4.90 Å². The molecule has 6 nitrogen and oxygen atoms in total. The van der Waals surface area contributed by atoms with Crippen LogP contribution in [-0.2, 0) is 15.1 Å². The van der Waals surface area contributed by atoms with Gasteiger partial charge < -0.3 is 14.8 Å². The van der Waals surface area contributed by atoms with E-state index in [2.05, 4.69) is 5.32 Å². The van der Waals surface area contributed by atoms with Crippen LogP contribution in [0.15, 0.2) is 24.3 Å². The highest BCUT2D eigenvalue weighted by atomic mass is 16.5. The molecule has 0 radical (unpaired) electrons. The van der Waals surface area contributed by atoms with Gasteiger partial charge in [0, 0.05) is 6.61 Å². The van der Waals surface area contributed by atoms with Crippen LogP contribution in [0.5, 0.6) is 5.75 Å². The zero-order valence-corrected chi connectivity index (χ0v) is 12.8. The summed E-state index contributed by atoms with van der Waals surface area (Å²) in [5.41, 5.74) is -0.302. The quantitative estimate of drug-likeness (QED) is 0.859. The fourth-order valence-corrected chi connectivity index (χ4v) is 2.97. The summed E-state index contributed by atoms with van der Waals surface area (Å²) in [6.07, 6.45) is 1.81. The first kappa shape index (κ1) is 14.8. The maximum Gasteiger partial charge on any atom is 0.325 e. The van der Waals surface area contributed by atoms with Crippen molar-refractivity contribution in [1.29, 1.82) is 0 Å². The Morgan fingerprint density at radius 3 is 2.68 bits per heavy atom. The second-order valence-electron chi connectivity index (χ2n) is 5.83. The van der Waals surface area contributed by atoms with Crippen molar-refractivity contribution in [2.24, 2.45) is 0 Å². The molecule has 2 atom stereocenters. The number of methoxy groups -OCH3 is 1. The summed E-state index contributed by atoms with van der Waals surface area (Å²) in [6.45, 7) is 2.74. The van der Waals surface area contributed by atoms with Gasteiger partial charge in [-0.05, 0) is 37.5 Å². The van der Waals surface area contributed by atoms with Gasteiger partial charge in [-0.2, -0.15) is 0 Å². The summed E-state index contributed by atoms with van der Waals surface area (Å²) in [4.78, 5) is 26.2. The van der Waals surface area contributed by atoms with E-state index in [1.54, 1.807) is 38.3 Å². The minimum Gasteiger partial charge on any atom is -0.497 e. The van der Waals surface area contributed by atoms with Crippen LogP contribution in [0.1, 0.15) is 25.3 Å². The van der Waals surface area contributed by atoms with Crippen LogP contribution in [0.2, 0.25) is 0 Å². The number of nitrogens with one attached hydrogen (secondary N) is 1. The Bertz CT molecular complexity index is 580. The van der Waals surface area contributed by atoms with Crippen molar-refractivity contribution in [3.8, 4) is 5.75 Å². The molecule has 0 aliphatic carbocycles. The fraction of sp³-hybridized carbons (Fsp3) is 0.500. The maximum absolute atomic E-state index is 12.7. The Balaban J connectivity index is 1.81. The number of urea groups is 1. The summed E-state index contributed by atoms with van der Waals surface area (Å²) in [6, 6.07) is 6.80. The van der Waals surface area contributed by atoms with Gasteiger partial charge in [0.1, 0.15) is 11.3 Å². The van der Waals surface area contributed by atoms with E-state index >= 15 is 0 Å². The summed E-state index contributed by atoms with van der Waals surface area (Å²) in [5, 5.41) is 2.80. The Morgan fingerprint density at radius 2 is 2.09 bits per heavy atom. The first-order valence-corrected chi connectivity index (χ1v) is 7.45. The van der Waals surface area contributed by atoms with Crippen LogP contribution < -0.4 is 10.1 Å². The van der Waals surface area contributed by atoms with Gasteiger partial charge in [-0.1, -0.05) is 12.1 Å². The number of amides is 3. The molecule has 2 aliphatic rings. The molecule has 2 heterocycles. The Morgan fingerprint density at radius 1 is 1.36 bits per heavy atom. The van der Waals surface area contributed by atoms with Crippen molar-refractivity contribution >= 4 is 11.9 Å².